The van der Waals surface area contributed by atoms with Crippen molar-refractivity contribution in [1.82, 2.24) is 4.90 Å². The van der Waals surface area contributed by atoms with E-state index < -0.39 is 22.3 Å². The summed E-state index contributed by atoms with van der Waals surface area (Å²) in [6.45, 7) is 2.09. The summed E-state index contributed by atoms with van der Waals surface area (Å²) in [5.74, 6) is -1.09. The van der Waals surface area contributed by atoms with Crippen LogP contribution in [-0.4, -0.2) is 59.9 Å². The molecule has 11 heteroatoms. The lowest BCUT2D eigenvalue weighted by molar-refractivity contribution is -0.385. The lowest BCUT2D eigenvalue weighted by Gasteiger charge is -2.32. The minimum atomic E-state index is -0.844. The van der Waals surface area contributed by atoms with Crippen molar-refractivity contribution in [2.75, 3.05) is 36.9 Å². The van der Waals surface area contributed by atoms with Gasteiger partial charge in [-0.2, -0.15) is 0 Å². The van der Waals surface area contributed by atoms with Crippen LogP contribution in [0.2, 0.25) is 0 Å². The van der Waals surface area contributed by atoms with Gasteiger partial charge in [0.15, 0.2) is 0 Å². The van der Waals surface area contributed by atoms with Gasteiger partial charge in [0.1, 0.15) is 5.82 Å². The molecule has 0 bridgehead atoms. The second-order valence-corrected chi connectivity index (χ2v) is 9.72. The summed E-state index contributed by atoms with van der Waals surface area (Å²) in [5.41, 5.74) is 4.20. The summed E-state index contributed by atoms with van der Waals surface area (Å²) in [6, 6.07) is 16.2. The third-order valence-electron chi connectivity index (χ3n) is 7.23. The maximum atomic E-state index is 13.7. The van der Waals surface area contributed by atoms with E-state index in [1.54, 1.807) is 12.1 Å². The lowest BCUT2D eigenvalue weighted by Crippen LogP contribution is -2.37. The molecule has 0 unspecified atom stereocenters. The van der Waals surface area contributed by atoms with E-state index in [0.717, 1.165) is 55.1 Å². The van der Waals surface area contributed by atoms with Crippen LogP contribution in [0.5, 0.6) is 0 Å². The van der Waals surface area contributed by atoms with Gasteiger partial charge in [-0.3, -0.25) is 24.5 Å². The first-order valence-electron chi connectivity index (χ1n) is 12.8. The number of hydrogen-bond donors (Lipinski definition) is 2. The summed E-state index contributed by atoms with van der Waals surface area (Å²) in [6.07, 6.45) is 2.66. The Balaban J connectivity index is 0.00000118. The zero-order chi connectivity index (χ0) is 28.8. The van der Waals surface area contributed by atoms with Crippen LogP contribution < -0.4 is 10.2 Å². The van der Waals surface area contributed by atoms with Crippen molar-refractivity contribution < 1.29 is 28.8 Å². The molecule has 208 valence electrons. The van der Waals surface area contributed by atoms with E-state index in [0.29, 0.717) is 24.7 Å². The highest BCUT2D eigenvalue weighted by atomic mass is 19.1. The predicted molar refractivity (Wildman–Crippen MR) is 147 cm³/mol. The van der Waals surface area contributed by atoms with Gasteiger partial charge in [0.25, 0.3) is 24.0 Å². The van der Waals surface area contributed by atoms with Gasteiger partial charge in [-0.25, -0.2) is 4.39 Å². The largest absolute Gasteiger partial charge is 0.483 e. The van der Waals surface area contributed by atoms with Gasteiger partial charge in [0.2, 0.25) is 0 Å². The normalized spacial score (nSPS) is 14.6. The molecule has 0 saturated carbocycles. The Hall–Kier alpha value is -4.80. The van der Waals surface area contributed by atoms with E-state index >= 15 is 0 Å². The number of hydrogen-bond acceptors (Lipinski definition) is 6. The Morgan fingerprint density at radius 3 is 2.35 bits per heavy atom. The van der Waals surface area contributed by atoms with Crippen molar-refractivity contribution in [1.29, 1.82) is 0 Å². The van der Waals surface area contributed by atoms with Crippen LogP contribution in [0.15, 0.2) is 60.7 Å². The number of nitrogens with zero attached hydrogens (tertiary/aromatic N) is 3. The average molecular weight is 549 g/mol. The molecule has 1 saturated heterocycles. The smallest absolute Gasteiger partial charge is 0.290 e. The number of nitro groups is 1. The van der Waals surface area contributed by atoms with Crippen molar-refractivity contribution in [3.05, 3.63) is 98.8 Å². The van der Waals surface area contributed by atoms with E-state index in [1.807, 2.05) is 35.2 Å². The van der Waals surface area contributed by atoms with Crippen LogP contribution in [0.25, 0.3) is 0 Å². The summed E-state index contributed by atoms with van der Waals surface area (Å²) < 4.78 is 13.7. The maximum absolute atomic E-state index is 13.7. The van der Waals surface area contributed by atoms with Crippen LogP contribution in [0, 0.1) is 15.9 Å². The molecule has 0 aromatic heterocycles. The number of benzene rings is 3. The minimum absolute atomic E-state index is 0.0754. The fraction of sp³-hybridized carbons (Fsp3) is 0.276. The number of carbonyl (C=O) groups excluding carboxylic acids is 2. The molecule has 2 N–H and O–H groups in total. The standard InChI is InChI=1S/C28H27FN4O4.CH2O2/c1-31-11-8-20-14-21(4-7-26(20)31)28(35)32-12-9-19(10-13-32)18-2-5-24(6-3-18)30-27(34)22-15-23(29)17-25(16-22)33(36)37;2-1-3/h2-7,14-17,19H,8-13H2,1H3,(H,30,34);1H,(H,2,3). The number of rotatable bonds is 5. The van der Waals surface area contributed by atoms with E-state index in [-0.39, 0.29) is 17.9 Å². The van der Waals surface area contributed by atoms with Gasteiger partial charge in [-0.05, 0) is 72.7 Å². The maximum Gasteiger partial charge on any atom is 0.290 e. The molecule has 0 radical (unpaired) electrons. The molecule has 0 aliphatic carbocycles. The first-order valence-corrected chi connectivity index (χ1v) is 12.8. The fourth-order valence-corrected chi connectivity index (χ4v) is 5.15. The molecule has 5 rings (SSSR count). The van der Waals surface area contributed by atoms with Crippen LogP contribution in [-0.2, 0) is 11.2 Å². The lowest BCUT2D eigenvalue weighted by atomic mass is 9.89. The molecule has 40 heavy (non-hydrogen) atoms. The van der Waals surface area contributed by atoms with Crippen molar-refractivity contribution in [2.24, 2.45) is 0 Å². The molecular weight excluding hydrogens is 519 g/mol. The number of nitrogens with one attached hydrogen (secondary N) is 1. The predicted octanol–water partition coefficient (Wildman–Crippen LogP) is 4.70. The molecule has 2 heterocycles. The second kappa shape index (κ2) is 12.4. The molecule has 3 aromatic rings. The molecule has 2 amide bonds. The molecule has 2 aliphatic heterocycles. The highest BCUT2D eigenvalue weighted by Gasteiger charge is 2.26. The van der Waals surface area contributed by atoms with E-state index in [2.05, 4.69) is 17.3 Å². The monoisotopic (exact) mass is 548 g/mol. The Kier molecular flexibility index (Phi) is 8.73. The van der Waals surface area contributed by atoms with Gasteiger partial charge < -0.3 is 20.2 Å². The zero-order valence-corrected chi connectivity index (χ0v) is 21.9. The zero-order valence-electron chi connectivity index (χ0n) is 21.9. The molecular formula is C29H29FN4O6. The Morgan fingerprint density at radius 1 is 1.02 bits per heavy atom. The summed E-state index contributed by atoms with van der Waals surface area (Å²) in [5, 5.41) is 20.5. The van der Waals surface area contributed by atoms with E-state index in [1.165, 1.54) is 11.3 Å². The molecule has 0 atom stereocenters. The molecule has 3 aromatic carbocycles. The second-order valence-electron chi connectivity index (χ2n) is 9.72. The van der Waals surface area contributed by atoms with E-state index in [9.17, 15) is 24.1 Å². The van der Waals surface area contributed by atoms with Crippen molar-refractivity contribution in [3.63, 3.8) is 0 Å². The van der Waals surface area contributed by atoms with Gasteiger partial charge in [-0.15, -0.1) is 0 Å². The molecule has 10 nitrogen and oxygen atoms in total. The number of non-ortho nitro benzene ring substituents is 1. The van der Waals surface area contributed by atoms with Crippen molar-refractivity contribution >= 4 is 35.3 Å². The Morgan fingerprint density at radius 2 is 1.70 bits per heavy atom. The number of nitro benzene ring substituents is 1. The third kappa shape index (κ3) is 6.42. The number of carboxylic acid groups (broad SMARTS) is 1. The van der Waals surface area contributed by atoms with Crippen molar-refractivity contribution in [2.45, 2.75) is 25.2 Å². The number of anilines is 2. The number of fused-ring (bicyclic) bond motifs is 1. The summed E-state index contributed by atoms with van der Waals surface area (Å²) >= 11 is 0. The Bertz CT molecular complexity index is 1420. The van der Waals surface area contributed by atoms with Gasteiger partial charge in [0, 0.05) is 55.2 Å². The Labute approximate surface area is 230 Å². The molecule has 0 spiro atoms. The van der Waals surface area contributed by atoms with Crippen LogP contribution in [0.1, 0.15) is 50.6 Å². The van der Waals surface area contributed by atoms with Crippen LogP contribution in [0.3, 0.4) is 0 Å². The third-order valence-corrected chi connectivity index (χ3v) is 7.23. The number of halogens is 1. The number of carbonyl (C=O) groups is 3. The van der Waals surface area contributed by atoms with Crippen molar-refractivity contribution in [3.8, 4) is 0 Å². The SMILES string of the molecule is CN1CCc2cc(C(=O)N3CCC(c4ccc(NC(=O)c5cc(F)cc([N+](=O)[O-])c5)cc4)CC3)ccc21.O=CO. The quantitative estimate of drug-likeness (QED) is 0.268. The van der Waals surface area contributed by atoms with Crippen LogP contribution >= 0.6 is 0 Å². The van der Waals surface area contributed by atoms with Gasteiger partial charge in [-0.1, -0.05) is 12.1 Å². The highest BCUT2D eigenvalue weighted by molar-refractivity contribution is 6.04. The number of likely N-dealkylation sites (tertiary alicyclic amines) is 1. The van der Waals surface area contributed by atoms with Gasteiger partial charge >= 0.3 is 0 Å². The molecule has 1 fully saturated rings. The average Bonchev–Trinajstić information content (AvgIpc) is 3.33. The summed E-state index contributed by atoms with van der Waals surface area (Å²) in [7, 11) is 2.07. The molecule has 2 aliphatic rings. The van der Waals surface area contributed by atoms with E-state index in [4.69, 9.17) is 9.90 Å². The highest BCUT2D eigenvalue weighted by Crippen LogP contribution is 2.31. The fourth-order valence-electron chi connectivity index (χ4n) is 5.15. The first-order chi connectivity index (χ1) is 19.2. The minimum Gasteiger partial charge on any atom is -0.483 e. The topological polar surface area (TPSA) is 133 Å². The van der Waals surface area contributed by atoms with Crippen LogP contribution in [0.4, 0.5) is 21.5 Å². The van der Waals surface area contributed by atoms with Gasteiger partial charge in [0.05, 0.1) is 11.0 Å². The summed E-state index contributed by atoms with van der Waals surface area (Å²) in [4.78, 5) is 48.3. The number of amides is 2. The first kappa shape index (κ1) is 28.2. The number of piperidine rings is 1. The number of likely N-dealkylation sites (N-methyl/N-ethyl adjacent to an activating group) is 1.